The van der Waals surface area contributed by atoms with Gasteiger partial charge < -0.3 is 23.8 Å². The van der Waals surface area contributed by atoms with Crippen molar-refractivity contribution in [2.24, 2.45) is 0 Å². The lowest BCUT2D eigenvalue weighted by molar-refractivity contribution is -0.136. The van der Waals surface area contributed by atoms with E-state index in [-0.39, 0.29) is 42.4 Å². The molecule has 10 nitrogen and oxygen atoms in total. The zero-order valence-electron chi connectivity index (χ0n) is 15.7. The summed E-state index contributed by atoms with van der Waals surface area (Å²) in [5.41, 5.74) is 0.206. The van der Waals surface area contributed by atoms with E-state index in [4.69, 9.17) is 18.8 Å². The number of carbonyl (C=O) groups is 3. The third-order valence-corrected chi connectivity index (χ3v) is 4.77. The Balaban J connectivity index is 0.000000878. The number of rotatable bonds is 4. The summed E-state index contributed by atoms with van der Waals surface area (Å²) in [4.78, 5) is 48.0. The van der Waals surface area contributed by atoms with Gasteiger partial charge in [0.1, 0.15) is 12.0 Å². The van der Waals surface area contributed by atoms with Gasteiger partial charge in [-0.15, -0.1) is 0 Å². The van der Waals surface area contributed by atoms with E-state index >= 15 is 0 Å². The number of carboxylic acid groups (broad SMARTS) is 1. The molecule has 2 N–H and O–H groups in total. The number of piperazine rings is 1. The number of aromatic nitrogens is 1. The van der Waals surface area contributed by atoms with Gasteiger partial charge in [0.2, 0.25) is 5.91 Å². The topological polar surface area (TPSA) is 137 Å². The molecule has 2 aromatic heterocycles. The molecule has 0 spiro atoms. The van der Waals surface area contributed by atoms with E-state index in [9.17, 15) is 14.4 Å². The number of nitrogens with one attached hydrogen (secondary N) is 1. The zero-order chi connectivity index (χ0) is 20.7. The van der Waals surface area contributed by atoms with Crippen molar-refractivity contribution >= 4 is 18.3 Å². The van der Waals surface area contributed by atoms with Gasteiger partial charge in [0, 0.05) is 44.1 Å². The Morgan fingerprint density at radius 3 is 2.50 bits per heavy atom. The molecule has 28 heavy (non-hydrogen) atoms. The fourth-order valence-electron chi connectivity index (χ4n) is 3.15. The minimum Gasteiger partial charge on any atom is -0.483 e. The van der Waals surface area contributed by atoms with Crippen LogP contribution in [-0.4, -0.2) is 63.5 Å². The minimum absolute atomic E-state index is 0.0152. The number of aryl methyl sites for hydroxylation is 1. The lowest BCUT2D eigenvalue weighted by Crippen LogP contribution is -2.60. The number of aromatic amines is 1. The van der Waals surface area contributed by atoms with E-state index in [1.54, 1.807) is 15.9 Å². The van der Waals surface area contributed by atoms with Crippen molar-refractivity contribution in [3.05, 3.63) is 46.3 Å². The Bertz CT molecular complexity index is 839. The van der Waals surface area contributed by atoms with E-state index in [2.05, 4.69) is 5.16 Å². The van der Waals surface area contributed by atoms with Crippen molar-refractivity contribution in [3.63, 3.8) is 0 Å². The molecule has 2 aromatic rings. The molecule has 0 aromatic carbocycles. The summed E-state index contributed by atoms with van der Waals surface area (Å²) >= 11 is 0. The summed E-state index contributed by atoms with van der Waals surface area (Å²) in [5, 5.41) is 9.10. The SMILES string of the molecule is C[C@@H]1[C@@H](C)N(C(=O)c2ccoc2)CCN1C(=O)CCc1cc(=O)[nH]o1.O=CO. The predicted octanol–water partition coefficient (Wildman–Crippen LogP) is 0.956. The maximum absolute atomic E-state index is 12.5. The molecule has 1 aliphatic heterocycles. The van der Waals surface area contributed by atoms with Gasteiger partial charge in [0.05, 0.1) is 11.8 Å². The third kappa shape index (κ3) is 4.90. The summed E-state index contributed by atoms with van der Waals surface area (Å²) in [6.07, 6.45) is 3.53. The van der Waals surface area contributed by atoms with Gasteiger partial charge in [-0.05, 0) is 19.9 Å². The van der Waals surface area contributed by atoms with Gasteiger partial charge in [0.25, 0.3) is 17.9 Å². The van der Waals surface area contributed by atoms with Gasteiger partial charge in [-0.25, -0.2) is 0 Å². The Kier molecular flexibility index (Phi) is 7.19. The highest BCUT2D eigenvalue weighted by atomic mass is 16.5. The molecule has 0 saturated carbocycles. The van der Waals surface area contributed by atoms with Gasteiger partial charge in [-0.2, -0.15) is 5.16 Å². The first-order valence-electron chi connectivity index (χ1n) is 8.77. The molecule has 10 heteroatoms. The second-order valence-corrected chi connectivity index (χ2v) is 6.36. The number of amides is 2. The second kappa shape index (κ2) is 9.58. The molecule has 3 rings (SSSR count). The first-order valence-corrected chi connectivity index (χ1v) is 8.77. The monoisotopic (exact) mass is 393 g/mol. The van der Waals surface area contributed by atoms with E-state index in [0.717, 1.165) is 0 Å². The first-order chi connectivity index (χ1) is 13.4. The molecule has 1 saturated heterocycles. The van der Waals surface area contributed by atoms with Crippen LogP contribution in [0.3, 0.4) is 0 Å². The van der Waals surface area contributed by atoms with Crippen LogP contribution >= 0.6 is 0 Å². The summed E-state index contributed by atoms with van der Waals surface area (Å²) in [5.74, 6) is 0.362. The van der Waals surface area contributed by atoms with Crippen LogP contribution < -0.4 is 5.56 Å². The van der Waals surface area contributed by atoms with Crippen molar-refractivity contribution in [1.82, 2.24) is 15.0 Å². The highest BCUT2D eigenvalue weighted by Crippen LogP contribution is 2.21. The van der Waals surface area contributed by atoms with Gasteiger partial charge >= 0.3 is 0 Å². The molecule has 2 amide bonds. The molecule has 0 radical (unpaired) electrons. The van der Waals surface area contributed by atoms with Crippen LogP contribution in [0.4, 0.5) is 0 Å². The number of furan rings is 1. The van der Waals surface area contributed by atoms with Crippen molar-refractivity contribution < 1.29 is 28.4 Å². The Morgan fingerprint density at radius 1 is 1.29 bits per heavy atom. The minimum atomic E-state index is -0.309. The number of nitrogens with zero attached hydrogens (tertiary/aromatic N) is 2. The van der Waals surface area contributed by atoms with Crippen LogP contribution in [-0.2, 0) is 16.0 Å². The number of hydrogen-bond acceptors (Lipinski definition) is 6. The average Bonchev–Trinajstić information content (AvgIpc) is 3.34. The summed E-state index contributed by atoms with van der Waals surface area (Å²) < 4.78 is 9.95. The van der Waals surface area contributed by atoms with Crippen LogP contribution in [0.1, 0.15) is 36.4 Å². The fraction of sp³-hybridized carbons (Fsp3) is 0.444. The fourth-order valence-corrected chi connectivity index (χ4v) is 3.15. The molecule has 1 fully saturated rings. The Labute approximate surface area is 160 Å². The largest absolute Gasteiger partial charge is 0.483 e. The van der Waals surface area contributed by atoms with Crippen LogP contribution in [0.25, 0.3) is 0 Å². The maximum Gasteiger partial charge on any atom is 0.290 e. The number of hydrogen-bond donors (Lipinski definition) is 2. The van der Waals surface area contributed by atoms with Crippen LogP contribution in [0.15, 0.2) is 38.4 Å². The second-order valence-electron chi connectivity index (χ2n) is 6.36. The van der Waals surface area contributed by atoms with Crippen LogP contribution in [0, 0.1) is 0 Å². The normalized spacial score (nSPS) is 18.9. The van der Waals surface area contributed by atoms with Gasteiger partial charge in [0.15, 0.2) is 0 Å². The third-order valence-electron chi connectivity index (χ3n) is 4.77. The molecule has 0 aliphatic carbocycles. The quantitative estimate of drug-likeness (QED) is 0.738. The Hall–Kier alpha value is -3.30. The highest BCUT2D eigenvalue weighted by molar-refractivity contribution is 5.94. The summed E-state index contributed by atoms with van der Waals surface area (Å²) in [7, 11) is 0. The van der Waals surface area contributed by atoms with Gasteiger partial charge in [-0.1, -0.05) is 0 Å². The van der Waals surface area contributed by atoms with Crippen molar-refractivity contribution in [3.8, 4) is 0 Å². The lowest BCUT2D eigenvalue weighted by Gasteiger charge is -2.45. The van der Waals surface area contributed by atoms with Crippen molar-refractivity contribution in [2.75, 3.05) is 13.1 Å². The molecule has 1 aliphatic rings. The predicted molar refractivity (Wildman–Crippen MR) is 96.7 cm³/mol. The van der Waals surface area contributed by atoms with E-state index < -0.39 is 0 Å². The van der Waals surface area contributed by atoms with Gasteiger partial charge in [-0.3, -0.25) is 19.2 Å². The van der Waals surface area contributed by atoms with E-state index in [1.165, 1.54) is 18.6 Å². The van der Waals surface area contributed by atoms with Crippen molar-refractivity contribution in [2.45, 2.75) is 38.8 Å². The smallest absolute Gasteiger partial charge is 0.290 e. The molecular weight excluding hydrogens is 370 g/mol. The molecule has 2 atom stereocenters. The zero-order valence-corrected chi connectivity index (χ0v) is 15.7. The molecule has 3 heterocycles. The van der Waals surface area contributed by atoms with Crippen LogP contribution in [0.2, 0.25) is 0 Å². The molecule has 0 unspecified atom stereocenters. The molecule has 152 valence electrons. The van der Waals surface area contributed by atoms with Crippen LogP contribution in [0.5, 0.6) is 0 Å². The standard InChI is InChI=1S/C17H21N3O5.CH2O2/c1-11-12(2)20(17(23)13-5-8-24-10-13)7-6-19(11)16(22)4-3-14-9-15(21)18-25-14;2-1-3/h5,8-12H,3-4,6-7H2,1-2H3,(H,18,21);1H,(H,2,3)/t11-,12-;/m1./s1. The molecular formula is C18H23N3O7. The lowest BCUT2D eigenvalue weighted by atomic mass is 10.0. The van der Waals surface area contributed by atoms with E-state index in [1.807, 2.05) is 13.8 Å². The highest BCUT2D eigenvalue weighted by Gasteiger charge is 2.36. The maximum atomic E-state index is 12.5. The first kappa shape index (κ1) is 21.0. The summed E-state index contributed by atoms with van der Waals surface area (Å²) in [6, 6.07) is 2.78. The summed E-state index contributed by atoms with van der Waals surface area (Å²) in [6.45, 7) is 4.58. The Morgan fingerprint density at radius 2 is 1.93 bits per heavy atom. The molecule has 0 bridgehead atoms. The number of carbonyl (C=O) groups excluding carboxylic acids is 2. The van der Waals surface area contributed by atoms with E-state index in [0.29, 0.717) is 30.8 Å². The number of H-pyrrole nitrogens is 1. The van der Waals surface area contributed by atoms with Crippen molar-refractivity contribution in [1.29, 1.82) is 0 Å². The average molecular weight is 393 g/mol.